The highest BCUT2D eigenvalue weighted by Crippen LogP contribution is 2.09. The van der Waals surface area contributed by atoms with E-state index in [1.165, 1.54) is 0 Å². The molecule has 99 heavy (non-hydrogen) atoms. The van der Waals surface area contributed by atoms with Gasteiger partial charge in [0.2, 0.25) is 47.3 Å². The van der Waals surface area contributed by atoms with Crippen molar-refractivity contribution in [3.63, 3.8) is 0 Å². The van der Waals surface area contributed by atoms with Gasteiger partial charge in [-0.15, -0.1) is 0 Å². The van der Waals surface area contributed by atoms with Gasteiger partial charge in [0.15, 0.2) is 0 Å². The van der Waals surface area contributed by atoms with Crippen LogP contribution < -0.4 is 82.7 Å². The maximum absolute atomic E-state index is 13.8. The van der Waals surface area contributed by atoms with Crippen LogP contribution in [0.3, 0.4) is 0 Å². The number of nitrogens with one attached hydrogen (secondary N) is 8. The van der Waals surface area contributed by atoms with Crippen LogP contribution in [0.4, 0.5) is 0 Å². The average Bonchev–Trinajstić information content (AvgIpc) is 3.81. The molecule has 0 aromatic heterocycles. The van der Waals surface area contributed by atoms with Gasteiger partial charge in [0.05, 0.1) is 0 Å². The van der Waals surface area contributed by atoms with E-state index in [1.54, 1.807) is 0 Å². The number of ketones is 4. The second-order valence-electron chi connectivity index (χ2n) is 24.4. The predicted molar refractivity (Wildman–Crippen MR) is 383 cm³/mol. The Morgan fingerprint density at radius 3 is 0.616 bits per heavy atom. The molecule has 0 fully saturated rings. The largest absolute Gasteiger partial charge is 0.355 e. The second kappa shape index (κ2) is 64.0. The molecule has 0 rings (SSSR count). The van der Waals surface area contributed by atoms with Crippen LogP contribution in [-0.2, 0) is 57.5 Å². The van der Waals surface area contributed by atoms with Crippen molar-refractivity contribution in [1.82, 2.24) is 71.9 Å². The van der Waals surface area contributed by atoms with Crippen LogP contribution in [0.15, 0.2) is 0 Å². The number of rotatable bonds is 70. The maximum Gasteiger partial charge on any atom is 0.221 e. The fourth-order valence-electron chi connectivity index (χ4n) is 10.1. The van der Waals surface area contributed by atoms with Gasteiger partial charge in [-0.1, -0.05) is 0 Å². The molecule has 0 aromatic carbocycles. The fourth-order valence-corrected chi connectivity index (χ4v) is 10.1. The molecule has 0 aliphatic carbocycles. The summed E-state index contributed by atoms with van der Waals surface area (Å²) in [5.41, 5.74) is 39.0. The minimum atomic E-state index is -0.275. The van der Waals surface area contributed by atoms with Gasteiger partial charge in [0.1, 0.15) is 23.1 Å². The predicted octanol–water partition coefficient (Wildman–Crippen LogP) is -5.77. The summed E-state index contributed by atoms with van der Waals surface area (Å²) in [6.07, 6.45) is 4.62. The number of hydrogen-bond donors (Lipinski definition) is 15. The lowest BCUT2D eigenvalue weighted by Crippen LogP contribution is -2.42. The number of nitrogens with zero attached hydrogens (tertiary/aromatic N) is 6. The molecular weight excluding hydrogens is 1280 g/mol. The Labute approximate surface area is 589 Å². The van der Waals surface area contributed by atoms with Gasteiger partial charge < -0.3 is 112 Å². The van der Waals surface area contributed by atoms with Crippen LogP contribution in [-0.4, -0.2) is 316 Å². The van der Waals surface area contributed by atoms with E-state index in [2.05, 4.69) is 42.5 Å². The molecule has 0 saturated carbocycles. The molecule has 0 saturated heterocycles. The Balaban J connectivity index is 6.78. The Morgan fingerprint density at radius 1 is 0.202 bits per heavy atom. The number of Topliss-reactive ketones (excluding diaryl/α,β-unsaturated/α-hetero) is 4. The van der Waals surface area contributed by atoms with Gasteiger partial charge >= 0.3 is 0 Å². The molecule has 22 N–H and O–H groups in total. The summed E-state index contributed by atoms with van der Waals surface area (Å²) in [4.78, 5) is 167. The van der Waals surface area contributed by atoms with E-state index in [0.717, 1.165) is 0 Å². The molecule has 0 aliphatic rings. The Kier molecular flexibility index (Phi) is 60.1. The van der Waals surface area contributed by atoms with Crippen LogP contribution in [0.1, 0.15) is 128 Å². The van der Waals surface area contributed by atoms with Gasteiger partial charge in [-0.2, -0.15) is 0 Å². The molecule has 570 valence electrons. The van der Waals surface area contributed by atoms with Gasteiger partial charge in [-0.3, -0.25) is 57.5 Å². The summed E-state index contributed by atoms with van der Waals surface area (Å²) < 4.78 is 0. The first kappa shape index (κ1) is 92.9. The monoisotopic (exact) mass is 1410 g/mol. The van der Waals surface area contributed by atoms with E-state index in [0.29, 0.717) is 170 Å². The Bertz CT molecular complexity index is 2110. The van der Waals surface area contributed by atoms with Crippen LogP contribution in [0.25, 0.3) is 0 Å². The van der Waals surface area contributed by atoms with Crippen molar-refractivity contribution in [2.45, 2.75) is 128 Å². The molecule has 0 spiro atoms. The summed E-state index contributed by atoms with van der Waals surface area (Å²) in [6.45, 7) is 16.3. The third-order valence-corrected chi connectivity index (χ3v) is 16.0. The molecule has 0 heterocycles. The smallest absolute Gasteiger partial charge is 0.221 e. The zero-order chi connectivity index (χ0) is 73.5. The normalized spacial score (nSPS) is 11.4. The summed E-state index contributed by atoms with van der Waals surface area (Å²) in [7, 11) is 0. The number of carbonyl (C=O) groups excluding carboxylic acids is 12. The van der Waals surface area contributed by atoms with E-state index < -0.39 is 0 Å². The van der Waals surface area contributed by atoms with E-state index in [4.69, 9.17) is 47.1 Å². The summed E-state index contributed by atoms with van der Waals surface area (Å²) >= 11 is 0. The molecule has 0 atom stereocenters. The van der Waals surface area contributed by atoms with Crippen LogP contribution in [0, 0.1) is 6.92 Å². The molecule has 0 aliphatic heterocycles. The maximum atomic E-state index is 13.8. The second-order valence-corrected chi connectivity index (χ2v) is 24.4. The van der Waals surface area contributed by atoms with E-state index in [1.807, 2.05) is 29.4 Å². The van der Waals surface area contributed by atoms with Gasteiger partial charge in [-0.25, -0.2) is 0 Å². The summed E-state index contributed by atoms with van der Waals surface area (Å²) in [5, 5.41) is 22.5. The lowest BCUT2D eigenvalue weighted by atomic mass is 10.1. The lowest BCUT2D eigenvalue weighted by Gasteiger charge is -2.28. The molecule has 0 bridgehead atoms. The minimum Gasteiger partial charge on any atom is -0.355 e. The first-order valence-electron chi connectivity index (χ1n) is 35.9. The third kappa shape index (κ3) is 57.3. The van der Waals surface area contributed by atoms with E-state index >= 15 is 0 Å². The molecule has 2 radical (unpaired) electrons. The van der Waals surface area contributed by atoms with Crippen molar-refractivity contribution in [2.24, 2.45) is 40.1 Å². The zero-order valence-corrected chi connectivity index (χ0v) is 59.7. The standard InChI is InChI=1S/C66H129N21O12/c1-2-6-55(88)10-40-84(46-17-62(95)77-32-26-71)51-35-80-65(98)20-49-86(41-12-57(90)8-4-37-82(39-11-56(89)7-3-22-67)43-14-59(92)74-29-23-68)53-54-87(42-13-58(91)9-5-38-83(44-15-60(93)75-30-24-69)45-16-61(94)76-31-25-70)50-21-66(99)81-36-52-85(47-18-63(96)78-33-27-72)48-19-64(97)79-34-28-73/h1H,2-54,67-73H2,(H,74,92)(H,75,93)(H,76,94)(H,77,95)(H,78,96)(H,79,97)(H,80,98)(H,81,99). The third-order valence-electron chi connectivity index (χ3n) is 16.0. The van der Waals surface area contributed by atoms with Crippen LogP contribution in [0.2, 0.25) is 0 Å². The van der Waals surface area contributed by atoms with Crippen molar-refractivity contribution in [3.8, 4) is 0 Å². The first-order valence-corrected chi connectivity index (χ1v) is 35.9. The van der Waals surface area contributed by atoms with Crippen molar-refractivity contribution in [3.05, 3.63) is 6.92 Å². The average molecular weight is 1410 g/mol. The number of amides is 8. The van der Waals surface area contributed by atoms with Gasteiger partial charge in [0.25, 0.3) is 0 Å². The van der Waals surface area contributed by atoms with E-state index in [-0.39, 0.29) is 245 Å². The minimum absolute atomic E-state index is 0.0110. The van der Waals surface area contributed by atoms with Crippen LogP contribution >= 0.6 is 0 Å². The zero-order valence-electron chi connectivity index (χ0n) is 59.7. The topological polar surface area (TPSA) is 503 Å². The molecule has 0 unspecified atom stereocenters. The summed E-state index contributed by atoms with van der Waals surface area (Å²) in [5.74, 6) is -1.67. The lowest BCUT2D eigenvalue weighted by molar-refractivity contribution is -0.123. The number of nitrogens with two attached hydrogens (primary N) is 7. The van der Waals surface area contributed by atoms with Crippen molar-refractivity contribution < 1.29 is 57.5 Å². The van der Waals surface area contributed by atoms with Gasteiger partial charge in [0, 0.05) is 299 Å². The van der Waals surface area contributed by atoms with Crippen LogP contribution in [0.5, 0.6) is 0 Å². The quantitative estimate of drug-likeness (QED) is 0.0270. The molecule has 8 amide bonds. The molecule has 33 heteroatoms. The fraction of sp³-hybridized carbons (Fsp3) is 0.803. The highest BCUT2D eigenvalue weighted by atomic mass is 16.2. The number of hydrogen-bond acceptors (Lipinski definition) is 25. The summed E-state index contributed by atoms with van der Waals surface area (Å²) in [6, 6.07) is 0. The highest BCUT2D eigenvalue weighted by Gasteiger charge is 2.20. The Hall–Kier alpha value is -6.08. The SMILES string of the molecule is [CH]CCC(=O)CCN(CCNC(=O)CCN(CCC(=O)CCCN(CCC(=O)CCCN)CCC(=O)NCCN)CCN(CCC(=O)CCCN(CCC(=O)NCCN)CCC(=O)NCCN)CCC(=O)NCCN(CCC(=O)NCCN)CCC(=O)NCCN)CCC(=O)NCCN. The number of carbonyl (C=O) groups is 12. The van der Waals surface area contributed by atoms with Crippen molar-refractivity contribution in [1.29, 1.82) is 0 Å². The molecule has 0 aromatic rings. The van der Waals surface area contributed by atoms with E-state index in [9.17, 15) is 57.5 Å². The highest BCUT2D eigenvalue weighted by molar-refractivity contribution is 5.81. The molecule has 33 nitrogen and oxygen atoms in total. The Morgan fingerprint density at radius 2 is 0.394 bits per heavy atom. The van der Waals surface area contributed by atoms with Crippen molar-refractivity contribution >= 4 is 70.4 Å². The molecular formula is C66H129N21O12. The first-order chi connectivity index (χ1) is 47.7. The van der Waals surface area contributed by atoms with Crippen molar-refractivity contribution in [2.75, 3.05) is 216 Å². The van der Waals surface area contributed by atoms with Gasteiger partial charge in [-0.05, 0) is 52.2 Å².